The molecule has 2 aromatic carbocycles. The average Bonchev–Trinajstić information content (AvgIpc) is 2.81. The van der Waals surface area contributed by atoms with Crippen molar-refractivity contribution in [2.24, 2.45) is 0 Å². The molecule has 120 valence electrons. The van der Waals surface area contributed by atoms with Crippen LogP contribution in [0.4, 0.5) is 5.69 Å². The van der Waals surface area contributed by atoms with E-state index in [2.05, 4.69) is 21.2 Å². The Morgan fingerprint density at radius 1 is 1.17 bits per heavy atom. The summed E-state index contributed by atoms with van der Waals surface area (Å²) < 4.78 is 0.897. The summed E-state index contributed by atoms with van der Waals surface area (Å²) in [6.07, 6.45) is 3.55. The zero-order valence-electron chi connectivity index (χ0n) is 12.6. The Bertz CT molecular complexity index is 908. The number of allylic oxidation sites excluding steroid dienone is 1. The zero-order valence-corrected chi connectivity index (χ0v) is 14.9. The van der Waals surface area contributed by atoms with Gasteiger partial charge in [-0.3, -0.25) is 9.59 Å². The highest BCUT2D eigenvalue weighted by Gasteiger charge is 2.53. The van der Waals surface area contributed by atoms with Crippen molar-refractivity contribution in [1.29, 1.82) is 0 Å². The van der Waals surface area contributed by atoms with Crippen molar-refractivity contribution < 1.29 is 9.59 Å². The normalized spacial score (nSPS) is 25.0. The predicted octanol–water partition coefficient (Wildman–Crippen LogP) is 4.61. The molecule has 0 radical (unpaired) electrons. The van der Waals surface area contributed by atoms with Crippen LogP contribution in [0.25, 0.3) is 0 Å². The molecule has 1 aliphatic heterocycles. The number of amides is 1. The molecule has 1 heterocycles. The van der Waals surface area contributed by atoms with Crippen LogP contribution < -0.4 is 5.32 Å². The van der Waals surface area contributed by atoms with Crippen LogP contribution in [0.5, 0.6) is 0 Å². The summed E-state index contributed by atoms with van der Waals surface area (Å²) in [7, 11) is 0. The van der Waals surface area contributed by atoms with Crippen LogP contribution in [0, 0.1) is 0 Å². The van der Waals surface area contributed by atoms with E-state index in [9.17, 15) is 9.59 Å². The van der Waals surface area contributed by atoms with Gasteiger partial charge in [0, 0.05) is 27.5 Å². The maximum atomic E-state index is 13.0. The maximum absolute atomic E-state index is 13.0. The summed E-state index contributed by atoms with van der Waals surface area (Å²) in [6.45, 7) is 0. The Balaban J connectivity index is 1.95. The lowest BCUT2D eigenvalue weighted by Crippen LogP contribution is -2.41. The van der Waals surface area contributed by atoms with E-state index < -0.39 is 5.41 Å². The van der Waals surface area contributed by atoms with E-state index in [1.807, 2.05) is 36.4 Å². The first kappa shape index (κ1) is 15.6. The van der Waals surface area contributed by atoms with Gasteiger partial charge in [-0.05, 0) is 41.5 Å². The lowest BCUT2D eigenvalue weighted by atomic mass is 9.64. The molecule has 5 heteroatoms. The van der Waals surface area contributed by atoms with E-state index in [4.69, 9.17) is 11.6 Å². The monoisotopic (exact) mass is 401 g/mol. The van der Waals surface area contributed by atoms with Crippen molar-refractivity contribution in [3.8, 4) is 0 Å². The smallest absolute Gasteiger partial charge is 0.239 e. The van der Waals surface area contributed by atoms with Crippen LogP contribution in [-0.2, 0) is 15.0 Å². The van der Waals surface area contributed by atoms with Crippen LogP contribution in [0.3, 0.4) is 0 Å². The highest BCUT2D eigenvalue weighted by atomic mass is 79.9. The molecule has 4 rings (SSSR count). The number of rotatable bonds is 1. The third kappa shape index (κ3) is 2.25. The molecule has 1 amide bonds. The predicted molar refractivity (Wildman–Crippen MR) is 97.4 cm³/mol. The van der Waals surface area contributed by atoms with Crippen molar-refractivity contribution in [3.63, 3.8) is 0 Å². The summed E-state index contributed by atoms with van der Waals surface area (Å²) in [5, 5.41) is 3.56. The molecule has 0 saturated heterocycles. The molecule has 2 aliphatic rings. The fourth-order valence-electron chi connectivity index (χ4n) is 3.71. The van der Waals surface area contributed by atoms with Gasteiger partial charge in [0.05, 0.1) is 0 Å². The number of benzene rings is 2. The number of nitrogens with one attached hydrogen (secondary N) is 1. The molecule has 0 fully saturated rings. The second kappa shape index (κ2) is 5.57. The second-order valence-corrected chi connectivity index (χ2v) is 7.48. The molecule has 1 spiro atoms. The lowest BCUT2D eigenvalue weighted by Gasteiger charge is -2.36. The fraction of sp³-hybridized carbons (Fsp3) is 0.158. The maximum Gasteiger partial charge on any atom is 0.239 e. The van der Waals surface area contributed by atoms with Crippen LogP contribution >= 0.6 is 27.5 Å². The summed E-state index contributed by atoms with van der Waals surface area (Å²) in [6, 6.07) is 13.2. The van der Waals surface area contributed by atoms with Crippen molar-refractivity contribution in [3.05, 3.63) is 75.2 Å². The van der Waals surface area contributed by atoms with Crippen molar-refractivity contribution in [2.75, 3.05) is 5.32 Å². The first-order valence-electron chi connectivity index (χ1n) is 7.60. The van der Waals surface area contributed by atoms with Gasteiger partial charge in [0.25, 0.3) is 0 Å². The van der Waals surface area contributed by atoms with Gasteiger partial charge in [0.2, 0.25) is 5.91 Å². The van der Waals surface area contributed by atoms with Crippen LogP contribution in [0.15, 0.2) is 59.1 Å². The summed E-state index contributed by atoms with van der Waals surface area (Å²) in [5.74, 6) is -0.371. The van der Waals surface area contributed by atoms with Gasteiger partial charge < -0.3 is 5.32 Å². The third-order valence-corrected chi connectivity index (χ3v) is 5.52. The Labute approximate surface area is 152 Å². The second-order valence-electron chi connectivity index (χ2n) is 6.12. The average molecular weight is 403 g/mol. The molecule has 1 N–H and O–H groups in total. The minimum absolute atomic E-state index is 0.0176. The molecule has 3 nitrogen and oxygen atoms in total. The van der Waals surface area contributed by atoms with E-state index >= 15 is 0 Å². The van der Waals surface area contributed by atoms with Gasteiger partial charge in [0.1, 0.15) is 5.41 Å². The SMILES string of the molecule is O=C1C=C[C@@]2(C(=O)Nc3cc(Br)ccc32)[C@H](c2cccc(Cl)c2)C1. The van der Waals surface area contributed by atoms with E-state index in [1.54, 1.807) is 12.1 Å². The van der Waals surface area contributed by atoms with Gasteiger partial charge in [-0.2, -0.15) is 0 Å². The van der Waals surface area contributed by atoms with Crippen LogP contribution in [0.2, 0.25) is 5.02 Å². The van der Waals surface area contributed by atoms with E-state index in [0.29, 0.717) is 5.02 Å². The highest BCUT2D eigenvalue weighted by molar-refractivity contribution is 9.10. The lowest BCUT2D eigenvalue weighted by molar-refractivity contribution is -0.121. The Hall–Kier alpha value is -1.91. The van der Waals surface area contributed by atoms with Crippen LogP contribution in [-0.4, -0.2) is 11.7 Å². The first-order valence-corrected chi connectivity index (χ1v) is 8.77. The third-order valence-electron chi connectivity index (χ3n) is 4.79. The minimum atomic E-state index is -0.880. The molecule has 1 aliphatic carbocycles. The van der Waals surface area contributed by atoms with E-state index in [0.717, 1.165) is 21.3 Å². The number of hydrogen-bond acceptors (Lipinski definition) is 2. The van der Waals surface area contributed by atoms with Crippen molar-refractivity contribution in [1.82, 2.24) is 0 Å². The summed E-state index contributed by atoms with van der Waals surface area (Å²) in [5.41, 5.74) is 1.69. The zero-order chi connectivity index (χ0) is 16.9. The first-order chi connectivity index (χ1) is 11.5. The topological polar surface area (TPSA) is 46.2 Å². The van der Waals surface area contributed by atoms with Gasteiger partial charge in [-0.15, -0.1) is 0 Å². The quantitative estimate of drug-likeness (QED) is 0.757. The highest BCUT2D eigenvalue weighted by Crippen LogP contribution is 2.52. The Morgan fingerprint density at radius 3 is 2.79 bits per heavy atom. The molecule has 2 atom stereocenters. The Morgan fingerprint density at radius 2 is 2.00 bits per heavy atom. The number of carbonyl (C=O) groups is 2. The van der Waals surface area contributed by atoms with E-state index in [-0.39, 0.29) is 24.0 Å². The standard InChI is InChI=1S/C19H13BrClNO2/c20-12-4-5-15-17(9-12)22-18(24)19(15)7-6-14(23)10-16(19)11-2-1-3-13(21)8-11/h1-9,16H,10H2,(H,22,24)/t16-,19-/m0/s1. The molecule has 0 unspecified atom stereocenters. The Kier molecular flexibility index (Phi) is 3.62. The van der Waals surface area contributed by atoms with Gasteiger partial charge >= 0.3 is 0 Å². The molecule has 0 aromatic heterocycles. The number of hydrogen-bond donors (Lipinski definition) is 1. The number of ketones is 1. The van der Waals surface area contributed by atoms with E-state index in [1.165, 1.54) is 6.08 Å². The van der Waals surface area contributed by atoms with Gasteiger partial charge in [-0.25, -0.2) is 0 Å². The molecular weight excluding hydrogens is 390 g/mol. The summed E-state index contributed by atoms with van der Waals surface area (Å²) >= 11 is 9.58. The largest absolute Gasteiger partial charge is 0.325 e. The van der Waals surface area contributed by atoms with Crippen molar-refractivity contribution in [2.45, 2.75) is 17.8 Å². The molecule has 0 bridgehead atoms. The number of carbonyl (C=O) groups excluding carboxylic acids is 2. The minimum Gasteiger partial charge on any atom is -0.325 e. The van der Waals surface area contributed by atoms with Gasteiger partial charge in [0.15, 0.2) is 5.78 Å². The summed E-state index contributed by atoms with van der Waals surface area (Å²) in [4.78, 5) is 25.1. The molecule has 2 aromatic rings. The number of fused-ring (bicyclic) bond motifs is 2. The number of halogens is 2. The van der Waals surface area contributed by atoms with Gasteiger partial charge in [-0.1, -0.05) is 51.8 Å². The molecule has 24 heavy (non-hydrogen) atoms. The van der Waals surface area contributed by atoms with Crippen molar-refractivity contribution >= 4 is 44.9 Å². The molecular formula is C19H13BrClNO2. The number of anilines is 1. The molecule has 0 saturated carbocycles. The van der Waals surface area contributed by atoms with Crippen LogP contribution in [0.1, 0.15) is 23.5 Å². The fourth-order valence-corrected chi connectivity index (χ4v) is 4.27.